The Hall–Kier alpha value is -0.930. The molecule has 0 aliphatic rings. The molecule has 0 unspecified atom stereocenters. The number of aliphatic hydroxyl groups is 1. The van der Waals surface area contributed by atoms with E-state index < -0.39 is 0 Å². The SMILES string of the molecule is Nc1cc(Cl)ccc1OCCCCCCCCCO. The second-order valence-corrected chi connectivity index (χ2v) is 5.17. The highest BCUT2D eigenvalue weighted by Gasteiger charge is 2.00. The van der Waals surface area contributed by atoms with Crippen LogP contribution in [0.3, 0.4) is 0 Å². The standard InChI is InChI=1S/C15H24ClNO2/c16-13-8-9-15(14(17)12-13)19-11-7-5-3-1-2-4-6-10-18/h8-9,12,18H,1-7,10-11,17H2. The summed E-state index contributed by atoms with van der Waals surface area (Å²) in [6, 6.07) is 5.30. The van der Waals surface area contributed by atoms with Crippen molar-refractivity contribution in [1.29, 1.82) is 0 Å². The monoisotopic (exact) mass is 285 g/mol. The Balaban J connectivity index is 2.01. The molecule has 0 atom stereocenters. The third-order valence-corrected chi connectivity index (χ3v) is 3.27. The Morgan fingerprint density at radius 1 is 1.00 bits per heavy atom. The molecule has 3 N–H and O–H groups in total. The Labute approximate surface area is 120 Å². The van der Waals surface area contributed by atoms with E-state index in [-0.39, 0.29) is 0 Å². The average Bonchev–Trinajstić information content (AvgIpc) is 2.39. The van der Waals surface area contributed by atoms with E-state index in [0.29, 0.717) is 29.7 Å². The van der Waals surface area contributed by atoms with Crippen LogP contribution in [0.1, 0.15) is 44.9 Å². The van der Waals surface area contributed by atoms with E-state index >= 15 is 0 Å². The Morgan fingerprint density at radius 2 is 1.63 bits per heavy atom. The molecule has 1 aromatic rings. The summed E-state index contributed by atoms with van der Waals surface area (Å²) in [6.45, 7) is 1.01. The van der Waals surface area contributed by atoms with E-state index in [1.807, 2.05) is 6.07 Å². The predicted octanol–water partition coefficient (Wildman–Crippen LogP) is 4.02. The van der Waals surface area contributed by atoms with Crippen LogP contribution in [0.5, 0.6) is 5.75 Å². The first kappa shape index (κ1) is 16.1. The molecule has 3 nitrogen and oxygen atoms in total. The highest BCUT2D eigenvalue weighted by Crippen LogP contribution is 2.25. The van der Waals surface area contributed by atoms with Crippen molar-refractivity contribution < 1.29 is 9.84 Å². The molecule has 0 aliphatic carbocycles. The van der Waals surface area contributed by atoms with Gasteiger partial charge in [-0.1, -0.05) is 43.7 Å². The number of rotatable bonds is 10. The summed E-state index contributed by atoms with van der Waals surface area (Å²) in [5.41, 5.74) is 6.39. The zero-order chi connectivity index (χ0) is 13.9. The minimum atomic E-state index is 0.316. The minimum Gasteiger partial charge on any atom is -0.491 e. The summed E-state index contributed by atoms with van der Waals surface area (Å²) >= 11 is 5.82. The molecule has 0 aromatic heterocycles. The number of benzene rings is 1. The molecule has 108 valence electrons. The van der Waals surface area contributed by atoms with Gasteiger partial charge in [0, 0.05) is 11.6 Å². The second kappa shape index (κ2) is 9.93. The van der Waals surface area contributed by atoms with Gasteiger partial charge >= 0.3 is 0 Å². The fraction of sp³-hybridized carbons (Fsp3) is 0.600. The lowest BCUT2D eigenvalue weighted by molar-refractivity contribution is 0.281. The lowest BCUT2D eigenvalue weighted by Gasteiger charge is -2.08. The van der Waals surface area contributed by atoms with E-state index in [2.05, 4.69) is 0 Å². The van der Waals surface area contributed by atoms with Gasteiger partial charge in [0.15, 0.2) is 0 Å². The van der Waals surface area contributed by atoms with Crippen LogP contribution in [0.15, 0.2) is 18.2 Å². The van der Waals surface area contributed by atoms with Crippen molar-refractivity contribution in [2.75, 3.05) is 18.9 Å². The molecule has 0 heterocycles. The number of ether oxygens (including phenoxy) is 1. The van der Waals surface area contributed by atoms with Gasteiger partial charge in [-0.25, -0.2) is 0 Å². The van der Waals surface area contributed by atoms with Crippen LogP contribution in [0, 0.1) is 0 Å². The van der Waals surface area contributed by atoms with Crippen molar-refractivity contribution in [3.63, 3.8) is 0 Å². The fourth-order valence-electron chi connectivity index (χ4n) is 1.93. The summed E-state index contributed by atoms with van der Waals surface area (Å²) in [6.07, 6.45) is 7.96. The summed E-state index contributed by atoms with van der Waals surface area (Å²) < 4.78 is 5.62. The number of hydrogen-bond acceptors (Lipinski definition) is 3. The van der Waals surface area contributed by atoms with Gasteiger partial charge in [-0.05, 0) is 31.0 Å². The van der Waals surface area contributed by atoms with Crippen molar-refractivity contribution in [3.8, 4) is 5.75 Å². The number of halogens is 1. The number of nitrogen functional groups attached to an aromatic ring is 1. The lowest BCUT2D eigenvalue weighted by atomic mass is 10.1. The third-order valence-electron chi connectivity index (χ3n) is 3.03. The van der Waals surface area contributed by atoms with Crippen molar-refractivity contribution in [2.45, 2.75) is 44.9 Å². The van der Waals surface area contributed by atoms with E-state index in [1.165, 1.54) is 25.7 Å². The van der Waals surface area contributed by atoms with Crippen molar-refractivity contribution in [1.82, 2.24) is 0 Å². The maximum absolute atomic E-state index is 8.65. The highest BCUT2D eigenvalue weighted by atomic mass is 35.5. The molecule has 0 saturated carbocycles. The van der Waals surface area contributed by atoms with Crippen LogP contribution in [0.25, 0.3) is 0 Å². The van der Waals surface area contributed by atoms with Crippen LogP contribution < -0.4 is 10.5 Å². The number of hydrogen-bond donors (Lipinski definition) is 2. The average molecular weight is 286 g/mol. The van der Waals surface area contributed by atoms with Gasteiger partial charge in [-0.15, -0.1) is 0 Å². The van der Waals surface area contributed by atoms with Crippen molar-refractivity contribution >= 4 is 17.3 Å². The molecule has 1 aromatic carbocycles. The van der Waals surface area contributed by atoms with Gasteiger partial charge in [-0.3, -0.25) is 0 Å². The number of anilines is 1. The summed E-state index contributed by atoms with van der Waals surface area (Å²) in [7, 11) is 0. The number of unbranched alkanes of at least 4 members (excludes halogenated alkanes) is 6. The van der Waals surface area contributed by atoms with Crippen molar-refractivity contribution in [3.05, 3.63) is 23.2 Å². The zero-order valence-electron chi connectivity index (χ0n) is 11.4. The Morgan fingerprint density at radius 3 is 2.26 bits per heavy atom. The molecule has 0 spiro atoms. The predicted molar refractivity (Wildman–Crippen MR) is 80.8 cm³/mol. The molecular formula is C15H24ClNO2. The molecule has 0 bridgehead atoms. The topological polar surface area (TPSA) is 55.5 Å². The molecule has 19 heavy (non-hydrogen) atoms. The normalized spacial score (nSPS) is 10.6. The van der Waals surface area contributed by atoms with E-state index in [0.717, 1.165) is 19.3 Å². The maximum Gasteiger partial charge on any atom is 0.142 e. The van der Waals surface area contributed by atoms with Gasteiger partial charge in [0.1, 0.15) is 5.75 Å². The molecule has 0 saturated heterocycles. The first-order valence-corrected chi connectivity index (χ1v) is 7.40. The molecule has 4 heteroatoms. The maximum atomic E-state index is 8.65. The summed E-state index contributed by atoms with van der Waals surface area (Å²) in [4.78, 5) is 0. The summed E-state index contributed by atoms with van der Waals surface area (Å²) in [5, 5.41) is 9.28. The minimum absolute atomic E-state index is 0.316. The molecule has 1 rings (SSSR count). The Kier molecular flexibility index (Phi) is 8.43. The molecule has 0 aliphatic heterocycles. The fourth-order valence-corrected chi connectivity index (χ4v) is 2.11. The van der Waals surface area contributed by atoms with Gasteiger partial charge in [0.05, 0.1) is 12.3 Å². The molecule has 0 amide bonds. The quantitative estimate of drug-likeness (QED) is 0.504. The smallest absolute Gasteiger partial charge is 0.142 e. The van der Waals surface area contributed by atoms with E-state index in [4.69, 9.17) is 27.2 Å². The molecule has 0 fully saturated rings. The number of aliphatic hydroxyl groups excluding tert-OH is 1. The first-order chi connectivity index (χ1) is 9.24. The van der Waals surface area contributed by atoms with Crippen LogP contribution in [0.2, 0.25) is 5.02 Å². The van der Waals surface area contributed by atoms with Crippen molar-refractivity contribution in [2.24, 2.45) is 0 Å². The highest BCUT2D eigenvalue weighted by molar-refractivity contribution is 6.30. The van der Waals surface area contributed by atoms with E-state index in [1.54, 1.807) is 12.1 Å². The van der Waals surface area contributed by atoms with Crippen LogP contribution >= 0.6 is 11.6 Å². The number of nitrogens with two attached hydrogens (primary N) is 1. The second-order valence-electron chi connectivity index (χ2n) is 4.73. The molecule has 0 radical (unpaired) electrons. The zero-order valence-corrected chi connectivity index (χ0v) is 12.2. The van der Waals surface area contributed by atoms with Gasteiger partial charge < -0.3 is 15.6 Å². The largest absolute Gasteiger partial charge is 0.491 e. The van der Waals surface area contributed by atoms with Gasteiger partial charge in [0.2, 0.25) is 0 Å². The Bertz CT molecular complexity index is 358. The lowest BCUT2D eigenvalue weighted by Crippen LogP contribution is -2.00. The van der Waals surface area contributed by atoms with Crippen LogP contribution in [0.4, 0.5) is 5.69 Å². The van der Waals surface area contributed by atoms with E-state index in [9.17, 15) is 0 Å². The van der Waals surface area contributed by atoms with Crippen LogP contribution in [-0.4, -0.2) is 18.3 Å². The third kappa shape index (κ3) is 7.28. The molecular weight excluding hydrogens is 262 g/mol. The first-order valence-electron chi connectivity index (χ1n) is 7.02. The van der Waals surface area contributed by atoms with Gasteiger partial charge in [-0.2, -0.15) is 0 Å². The van der Waals surface area contributed by atoms with Gasteiger partial charge in [0.25, 0.3) is 0 Å². The van der Waals surface area contributed by atoms with Crippen LogP contribution in [-0.2, 0) is 0 Å². The summed E-state index contributed by atoms with van der Waals surface area (Å²) in [5.74, 6) is 0.715.